The van der Waals surface area contributed by atoms with Gasteiger partial charge >= 0.3 is 6.09 Å². The lowest BCUT2D eigenvalue weighted by Crippen LogP contribution is -2.46. The highest BCUT2D eigenvalue weighted by molar-refractivity contribution is 5.68. The maximum atomic E-state index is 12.3. The second-order valence-electron chi connectivity index (χ2n) is 6.25. The minimum absolute atomic E-state index is 0.140. The molecule has 3 nitrogen and oxygen atoms in total. The Hall–Kier alpha value is -1.51. The van der Waals surface area contributed by atoms with Gasteiger partial charge in [-0.2, -0.15) is 0 Å². The van der Waals surface area contributed by atoms with Crippen LogP contribution in [-0.2, 0) is 4.74 Å². The Morgan fingerprint density at radius 3 is 2.57 bits per heavy atom. The molecule has 1 aromatic rings. The molecule has 1 amide bonds. The van der Waals surface area contributed by atoms with Crippen LogP contribution >= 0.6 is 0 Å². The van der Waals surface area contributed by atoms with Gasteiger partial charge in [0.1, 0.15) is 0 Å². The van der Waals surface area contributed by atoms with Crippen molar-refractivity contribution in [1.82, 2.24) is 4.90 Å². The van der Waals surface area contributed by atoms with E-state index in [9.17, 15) is 4.79 Å². The van der Waals surface area contributed by atoms with E-state index in [1.165, 1.54) is 24.8 Å². The van der Waals surface area contributed by atoms with Crippen molar-refractivity contribution in [3.05, 3.63) is 35.9 Å². The summed E-state index contributed by atoms with van der Waals surface area (Å²) in [5.74, 6) is 1.85. The molecule has 2 bridgehead atoms. The Morgan fingerprint density at radius 2 is 1.90 bits per heavy atom. The Bertz CT molecular complexity index is 487. The van der Waals surface area contributed by atoms with Crippen LogP contribution in [0.4, 0.5) is 4.79 Å². The van der Waals surface area contributed by atoms with E-state index in [0.29, 0.717) is 24.5 Å². The van der Waals surface area contributed by atoms with Crippen LogP contribution in [0.15, 0.2) is 30.3 Å². The summed E-state index contributed by atoms with van der Waals surface area (Å²) in [5.41, 5.74) is 1.39. The van der Waals surface area contributed by atoms with Gasteiger partial charge in [-0.3, -0.25) is 0 Å². The van der Waals surface area contributed by atoms with Gasteiger partial charge in [-0.05, 0) is 50.5 Å². The van der Waals surface area contributed by atoms with Crippen molar-refractivity contribution in [3.8, 4) is 0 Å². The smallest absolute Gasteiger partial charge is 0.410 e. The number of likely N-dealkylation sites (N-methyl/N-ethyl adjacent to an activating group) is 1. The standard InChI is InChI=1S/C18H25NO2/c1-3-19(18(20)21-4-2)17-15-11-10-14(12-15)16(17)13-8-6-5-7-9-13/h5-9,14-17H,3-4,10-12H2,1-2H3. The summed E-state index contributed by atoms with van der Waals surface area (Å²) in [6, 6.07) is 11.0. The monoisotopic (exact) mass is 287 g/mol. The molecule has 2 aliphatic rings. The van der Waals surface area contributed by atoms with Crippen LogP contribution in [0.3, 0.4) is 0 Å². The number of fused-ring (bicyclic) bond motifs is 2. The molecule has 4 atom stereocenters. The summed E-state index contributed by atoms with van der Waals surface area (Å²) in [6.07, 6.45) is 3.69. The molecule has 3 heteroatoms. The maximum Gasteiger partial charge on any atom is 0.410 e. The van der Waals surface area contributed by atoms with E-state index in [-0.39, 0.29) is 6.09 Å². The number of rotatable bonds is 4. The van der Waals surface area contributed by atoms with E-state index in [0.717, 1.165) is 12.5 Å². The summed E-state index contributed by atoms with van der Waals surface area (Å²) < 4.78 is 5.29. The van der Waals surface area contributed by atoms with Gasteiger partial charge < -0.3 is 9.64 Å². The molecule has 3 rings (SSSR count). The third kappa shape index (κ3) is 2.54. The number of hydrogen-bond donors (Lipinski definition) is 0. The fourth-order valence-corrected chi connectivity index (χ4v) is 4.52. The van der Waals surface area contributed by atoms with Crippen molar-refractivity contribution in [1.29, 1.82) is 0 Å². The van der Waals surface area contributed by atoms with Crippen molar-refractivity contribution in [2.45, 2.75) is 45.1 Å². The van der Waals surface area contributed by atoms with Gasteiger partial charge in [-0.1, -0.05) is 30.3 Å². The molecule has 21 heavy (non-hydrogen) atoms. The predicted octanol–water partition coefficient (Wildman–Crippen LogP) is 4.05. The number of carbonyl (C=O) groups excluding carboxylic acids is 1. The van der Waals surface area contributed by atoms with Gasteiger partial charge in [0, 0.05) is 18.5 Å². The molecule has 0 aromatic heterocycles. The first kappa shape index (κ1) is 14.4. The molecule has 2 saturated carbocycles. The van der Waals surface area contributed by atoms with Gasteiger partial charge in [0.25, 0.3) is 0 Å². The Morgan fingerprint density at radius 1 is 1.19 bits per heavy atom. The summed E-state index contributed by atoms with van der Waals surface area (Å²) in [6.45, 7) is 5.12. The van der Waals surface area contributed by atoms with Gasteiger partial charge in [0.2, 0.25) is 0 Å². The molecule has 0 radical (unpaired) electrons. The largest absolute Gasteiger partial charge is 0.450 e. The van der Waals surface area contributed by atoms with Crippen LogP contribution in [0.1, 0.15) is 44.6 Å². The van der Waals surface area contributed by atoms with E-state index in [1.807, 2.05) is 11.8 Å². The van der Waals surface area contributed by atoms with Crippen molar-refractivity contribution < 1.29 is 9.53 Å². The molecular weight excluding hydrogens is 262 g/mol. The summed E-state index contributed by atoms with van der Waals surface area (Å²) >= 11 is 0. The third-order valence-corrected chi connectivity index (χ3v) is 5.26. The molecular formula is C18H25NO2. The van der Waals surface area contributed by atoms with Gasteiger partial charge in [0.05, 0.1) is 6.61 Å². The lowest BCUT2D eigenvalue weighted by molar-refractivity contribution is 0.0726. The fraction of sp³-hybridized carbons (Fsp3) is 0.611. The first-order valence-corrected chi connectivity index (χ1v) is 8.24. The van der Waals surface area contributed by atoms with E-state index in [2.05, 4.69) is 37.3 Å². The molecule has 0 saturated heterocycles. The van der Waals surface area contributed by atoms with Gasteiger partial charge in [0.15, 0.2) is 0 Å². The predicted molar refractivity (Wildman–Crippen MR) is 83.2 cm³/mol. The van der Waals surface area contributed by atoms with Crippen LogP contribution in [0.5, 0.6) is 0 Å². The van der Waals surface area contributed by atoms with Crippen molar-refractivity contribution in [2.24, 2.45) is 11.8 Å². The van der Waals surface area contributed by atoms with Crippen molar-refractivity contribution >= 4 is 6.09 Å². The Kier molecular flexibility index (Phi) is 4.18. The van der Waals surface area contributed by atoms with E-state index in [1.54, 1.807) is 0 Å². The zero-order valence-corrected chi connectivity index (χ0v) is 13.0. The van der Waals surface area contributed by atoms with Gasteiger partial charge in [-0.25, -0.2) is 4.79 Å². The second-order valence-corrected chi connectivity index (χ2v) is 6.25. The van der Waals surface area contributed by atoms with Crippen molar-refractivity contribution in [2.75, 3.05) is 13.2 Å². The Balaban J connectivity index is 1.89. The normalized spacial score (nSPS) is 30.4. The minimum atomic E-state index is -0.140. The van der Waals surface area contributed by atoms with E-state index in [4.69, 9.17) is 4.74 Å². The van der Waals surface area contributed by atoms with Gasteiger partial charge in [-0.15, -0.1) is 0 Å². The Labute approximate surface area is 127 Å². The molecule has 2 aliphatic carbocycles. The van der Waals surface area contributed by atoms with E-state index < -0.39 is 0 Å². The molecule has 0 heterocycles. The first-order chi connectivity index (χ1) is 10.3. The SMILES string of the molecule is CCOC(=O)N(CC)C1C2CCC(C2)C1c1ccccc1. The highest BCUT2D eigenvalue weighted by Gasteiger charge is 2.51. The average molecular weight is 287 g/mol. The molecule has 0 aliphatic heterocycles. The first-order valence-electron chi connectivity index (χ1n) is 8.24. The fourth-order valence-electron chi connectivity index (χ4n) is 4.52. The van der Waals surface area contributed by atoms with Crippen molar-refractivity contribution in [3.63, 3.8) is 0 Å². The highest BCUT2D eigenvalue weighted by Crippen LogP contribution is 2.54. The summed E-state index contributed by atoms with van der Waals surface area (Å²) in [5, 5.41) is 0. The molecule has 4 unspecified atom stereocenters. The average Bonchev–Trinajstić information content (AvgIpc) is 3.10. The van der Waals surface area contributed by atoms with Crippen LogP contribution in [0.25, 0.3) is 0 Å². The quantitative estimate of drug-likeness (QED) is 0.836. The number of carbonyl (C=O) groups is 1. The van der Waals surface area contributed by atoms with Crippen LogP contribution < -0.4 is 0 Å². The minimum Gasteiger partial charge on any atom is -0.450 e. The lowest BCUT2D eigenvalue weighted by atomic mass is 9.79. The lowest BCUT2D eigenvalue weighted by Gasteiger charge is -2.39. The topological polar surface area (TPSA) is 29.5 Å². The molecule has 114 valence electrons. The number of hydrogen-bond acceptors (Lipinski definition) is 2. The maximum absolute atomic E-state index is 12.3. The summed E-state index contributed by atoms with van der Waals surface area (Å²) in [4.78, 5) is 14.3. The molecule has 1 aromatic carbocycles. The van der Waals surface area contributed by atoms with Crippen LogP contribution in [-0.4, -0.2) is 30.2 Å². The zero-order valence-electron chi connectivity index (χ0n) is 13.0. The molecule has 0 spiro atoms. The van der Waals surface area contributed by atoms with Crippen LogP contribution in [0, 0.1) is 11.8 Å². The number of nitrogens with zero attached hydrogens (tertiary/aromatic N) is 1. The van der Waals surface area contributed by atoms with E-state index >= 15 is 0 Å². The second kappa shape index (κ2) is 6.08. The highest BCUT2D eigenvalue weighted by atomic mass is 16.6. The number of amides is 1. The van der Waals surface area contributed by atoms with Crippen LogP contribution in [0.2, 0.25) is 0 Å². The zero-order chi connectivity index (χ0) is 14.8. The third-order valence-electron chi connectivity index (χ3n) is 5.26. The number of benzene rings is 1. The molecule has 2 fully saturated rings. The molecule has 0 N–H and O–H groups in total. The summed E-state index contributed by atoms with van der Waals surface area (Å²) in [7, 11) is 0. The number of ether oxygens (including phenoxy) is 1.